The highest BCUT2D eigenvalue weighted by Crippen LogP contribution is 2.14. The summed E-state index contributed by atoms with van der Waals surface area (Å²) in [6.07, 6.45) is 1.86. The van der Waals surface area contributed by atoms with Gasteiger partial charge in [-0.2, -0.15) is 0 Å². The maximum atomic E-state index is 11.8. The van der Waals surface area contributed by atoms with Crippen LogP contribution in [0, 0.1) is 0 Å². The fourth-order valence-electron chi connectivity index (χ4n) is 1.66. The second kappa shape index (κ2) is 5.64. The van der Waals surface area contributed by atoms with Crippen molar-refractivity contribution in [3.05, 3.63) is 0 Å². The van der Waals surface area contributed by atoms with E-state index in [2.05, 4.69) is 0 Å². The van der Waals surface area contributed by atoms with Crippen molar-refractivity contribution < 1.29 is 14.3 Å². The quantitative estimate of drug-likeness (QED) is 0.735. The van der Waals surface area contributed by atoms with Gasteiger partial charge in [0.1, 0.15) is 6.61 Å². The smallest absolute Gasteiger partial charge is 0.248 e. The van der Waals surface area contributed by atoms with Gasteiger partial charge in [-0.1, -0.05) is 0 Å². The number of nitrogens with zero attached hydrogens (tertiary/aromatic N) is 1. The molecule has 0 N–H and O–H groups in total. The highest BCUT2D eigenvalue weighted by Gasteiger charge is 2.23. The molecule has 0 aromatic heterocycles. The fourth-order valence-corrected chi connectivity index (χ4v) is 1.66. The van der Waals surface area contributed by atoms with Gasteiger partial charge in [0.25, 0.3) is 0 Å². The van der Waals surface area contributed by atoms with E-state index >= 15 is 0 Å². The molecule has 0 bridgehead atoms. The number of rotatable bonds is 3. The largest absolute Gasteiger partial charge is 0.381 e. The van der Waals surface area contributed by atoms with Crippen molar-refractivity contribution in [1.29, 1.82) is 0 Å². The maximum Gasteiger partial charge on any atom is 0.248 e. The Balaban J connectivity index is 2.34. The van der Waals surface area contributed by atoms with Gasteiger partial charge in [-0.25, -0.2) is 0 Å². The molecular formula is C12H23NO3. The van der Waals surface area contributed by atoms with Crippen molar-refractivity contribution in [2.75, 3.05) is 26.9 Å². The minimum atomic E-state index is -0.258. The molecule has 1 aliphatic heterocycles. The number of hydrogen-bond acceptors (Lipinski definition) is 3. The van der Waals surface area contributed by atoms with Crippen molar-refractivity contribution in [2.45, 2.75) is 45.3 Å². The van der Waals surface area contributed by atoms with Crippen molar-refractivity contribution in [3.8, 4) is 0 Å². The van der Waals surface area contributed by atoms with Crippen molar-refractivity contribution in [1.82, 2.24) is 4.90 Å². The Bertz CT molecular complexity index is 229. The zero-order chi connectivity index (χ0) is 12.2. The summed E-state index contributed by atoms with van der Waals surface area (Å²) in [7, 11) is 1.85. The van der Waals surface area contributed by atoms with Crippen molar-refractivity contribution >= 4 is 5.91 Å². The molecule has 0 unspecified atom stereocenters. The molecule has 4 nitrogen and oxygen atoms in total. The van der Waals surface area contributed by atoms with Gasteiger partial charge < -0.3 is 14.4 Å². The molecule has 0 spiro atoms. The van der Waals surface area contributed by atoms with Crippen LogP contribution in [0.15, 0.2) is 0 Å². The van der Waals surface area contributed by atoms with Crippen LogP contribution in [-0.4, -0.2) is 49.3 Å². The third-order valence-electron chi connectivity index (χ3n) is 2.76. The average molecular weight is 229 g/mol. The predicted molar refractivity (Wildman–Crippen MR) is 62.3 cm³/mol. The summed E-state index contributed by atoms with van der Waals surface area (Å²) in [6, 6.07) is 0.310. The molecule has 0 saturated carbocycles. The van der Waals surface area contributed by atoms with Gasteiger partial charge in [-0.3, -0.25) is 4.79 Å². The standard InChI is InChI=1S/C12H23NO3/c1-12(2,3)16-9-11(14)13(4)10-5-7-15-8-6-10/h10H,5-9H2,1-4H3. The average Bonchev–Trinajstić information content (AvgIpc) is 2.25. The van der Waals surface area contributed by atoms with Crippen LogP contribution in [-0.2, 0) is 14.3 Å². The van der Waals surface area contributed by atoms with Crippen LogP contribution in [0.2, 0.25) is 0 Å². The molecule has 4 heteroatoms. The molecule has 1 amide bonds. The molecule has 1 fully saturated rings. The summed E-state index contributed by atoms with van der Waals surface area (Å²) in [5.41, 5.74) is -0.258. The molecule has 1 saturated heterocycles. The van der Waals surface area contributed by atoms with Crippen LogP contribution < -0.4 is 0 Å². The van der Waals surface area contributed by atoms with Crippen LogP contribution in [0.4, 0.5) is 0 Å². The minimum Gasteiger partial charge on any atom is -0.381 e. The molecule has 0 aromatic rings. The van der Waals surface area contributed by atoms with E-state index in [0.29, 0.717) is 6.04 Å². The zero-order valence-electron chi connectivity index (χ0n) is 10.8. The first-order chi connectivity index (χ1) is 7.40. The normalized spacial score (nSPS) is 18.5. The summed E-state index contributed by atoms with van der Waals surface area (Å²) in [6.45, 7) is 7.53. The van der Waals surface area contributed by atoms with E-state index in [1.807, 2.05) is 27.8 Å². The summed E-state index contributed by atoms with van der Waals surface area (Å²) in [5.74, 6) is 0.0572. The fraction of sp³-hybridized carbons (Fsp3) is 0.917. The second-order valence-electron chi connectivity index (χ2n) is 5.25. The molecule has 0 radical (unpaired) electrons. The Morgan fingerprint density at radius 1 is 1.38 bits per heavy atom. The van der Waals surface area contributed by atoms with Crippen molar-refractivity contribution in [3.63, 3.8) is 0 Å². The van der Waals surface area contributed by atoms with Gasteiger partial charge in [0.15, 0.2) is 0 Å². The number of likely N-dealkylation sites (N-methyl/N-ethyl adjacent to an activating group) is 1. The maximum absolute atomic E-state index is 11.8. The molecule has 0 atom stereocenters. The number of ether oxygens (including phenoxy) is 2. The Hall–Kier alpha value is -0.610. The van der Waals surface area contributed by atoms with Crippen LogP contribution >= 0.6 is 0 Å². The van der Waals surface area contributed by atoms with Crippen LogP contribution in [0.1, 0.15) is 33.6 Å². The number of hydrogen-bond donors (Lipinski definition) is 0. The topological polar surface area (TPSA) is 38.8 Å². The minimum absolute atomic E-state index is 0.0572. The van der Waals surface area contributed by atoms with E-state index in [0.717, 1.165) is 26.1 Å². The third kappa shape index (κ3) is 4.49. The van der Waals surface area contributed by atoms with E-state index in [-0.39, 0.29) is 18.1 Å². The van der Waals surface area contributed by atoms with Gasteiger partial charge >= 0.3 is 0 Å². The molecule has 1 aliphatic rings. The summed E-state index contributed by atoms with van der Waals surface area (Å²) in [5, 5.41) is 0. The van der Waals surface area contributed by atoms with Gasteiger partial charge in [0, 0.05) is 26.3 Å². The lowest BCUT2D eigenvalue weighted by molar-refractivity contribution is -0.143. The summed E-state index contributed by atoms with van der Waals surface area (Å²) >= 11 is 0. The first kappa shape index (κ1) is 13.5. The van der Waals surface area contributed by atoms with Gasteiger partial charge in [0.05, 0.1) is 5.60 Å². The van der Waals surface area contributed by atoms with Gasteiger partial charge in [0.2, 0.25) is 5.91 Å². The third-order valence-corrected chi connectivity index (χ3v) is 2.76. The van der Waals surface area contributed by atoms with Crippen LogP contribution in [0.5, 0.6) is 0 Å². The lowest BCUT2D eigenvalue weighted by atomic mass is 10.1. The first-order valence-electron chi connectivity index (χ1n) is 5.87. The Labute approximate surface area is 97.9 Å². The van der Waals surface area contributed by atoms with Gasteiger partial charge in [-0.15, -0.1) is 0 Å². The second-order valence-corrected chi connectivity index (χ2v) is 5.25. The van der Waals surface area contributed by atoms with E-state index in [4.69, 9.17) is 9.47 Å². The highest BCUT2D eigenvalue weighted by atomic mass is 16.5. The Kier molecular flexibility index (Phi) is 4.74. The number of carbonyl (C=O) groups is 1. The molecule has 94 valence electrons. The molecule has 16 heavy (non-hydrogen) atoms. The first-order valence-corrected chi connectivity index (χ1v) is 5.87. The highest BCUT2D eigenvalue weighted by molar-refractivity contribution is 5.77. The molecule has 1 heterocycles. The number of carbonyl (C=O) groups excluding carboxylic acids is 1. The molecule has 0 aliphatic carbocycles. The molecule has 0 aromatic carbocycles. The van der Waals surface area contributed by atoms with E-state index in [9.17, 15) is 4.79 Å². The lowest BCUT2D eigenvalue weighted by Gasteiger charge is -2.32. The lowest BCUT2D eigenvalue weighted by Crippen LogP contribution is -2.43. The van der Waals surface area contributed by atoms with Gasteiger partial charge in [-0.05, 0) is 33.6 Å². The monoisotopic (exact) mass is 229 g/mol. The molecular weight excluding hydrogens is 206 g/mol. The Morgan fingerprint density at radius 3 is 2.44 bits per heavy atom. The van der Waals surface area contributed by atoms with E-state index < -0.39 is 0 Å². The number of amides is 1. The van der Waals surface area contributed by atoms with E-state index in [1.54, 1.807) is 4.90 Å². The van der Waals surface area contributed by atoms with E-state index in [1.165, 1.54) is 0 Å². The Morgan fingerprint density at radius 2 is 1.94 bits per heavy atom. The summed E-state index contributed by atoms with van der Waals surface area (Å²) < 4.78 is 10.8. The SMILES string of the molecule is CN(C(=O)COC(C)(C)C)C1CCOCC1. The molecule has 1 rings (SSSR count). The van der Waals surface area contributed by atoms with Crippen LogP contribution in [0.3, 0.4) is 0 Å². The zero-order valence-corrected chi connectivity index (χ0v) is 10.8. The van der Waals surface area contributed by atoms with Crippen molar-refractivity contribution in [2.24, 2.45) is 0 Å². The summed E-state index contributed by atoms with van der Waals surface area (Å²) in [4.78, 5) is 13.6. The predicted octanol–water partition coefficient (Wildman–Crippen LogP) is 1.44. The van der Waals surface area contributed by atoms with Crippen LogP contribution in [0.25, 0.3) is 0 Å².